The molecule has 0 bridgehead atoms. The average Bonchev–Trinajstić information content (AvgIpc) is 3.02. The van der Waals surface area contributed by atoms with E-state index in [1.54, 1.807) is 6.33 Å². The molecule has 1 atom stereocenters. The van der Waals surface area contributed by atoms with Gasteiger partial charge < -0.3 is 10.6 Å². The van der Waals surface area contributed by atoms with Crippen LogP contribution in [-0.2, 0) is 12.8 Å². The summed E-state index contributed by atoms with van der Waals surface area (Å²) in [5.74, 6) is 7.19. The summed E-state index contributed by atoms with van der Waals surface area (Å²) in [7, 11) is 4.00. The third-order valence-corrected chi connectivity index (χ3v) is 7.03. The van der Waals surface area contributed by atoms with E-state index in [0.29, 0.717) is 6.04 Å². The number of nitrogens with two attached hydrogens (primary N) is 1. The fourth-order valence-electron chi connectivity index (χ4n) is 4.81. The molecular weight excluding hydrogens is 472 g/mol. The fraction of sp³-hybridized carbons (Fsp3) is 0.533. The lowest BCUT2D eigenvalue weighted by molar-refractivity contribution is -0.403. The molecule has 8 heteroatoms. The van der Waals surface area contributed by atoms with Gasteiger partial charge in [0.2, 0.25) is 5.69 Å². The third kappa shape index (κ3) is 9.11. The van der Waals surface area contributed by atoms with Gasteiger partial charge in [0.05, 0.1) is 5.41 Å². The van der Waals surface area contributed by atoms with Crippen molar-refractivity contribution in [3.63, 3.8) is 0 Å². The van der Waals surface area contributed by atoms with Crippen molar-refractivity contribution < 1.29 is 4.58 Å². The highest BCUT2D eigenvalue weighted by atomic mass is 15.4. The van der Waals surface area contributed by atoms with Crippen LogP contribution >= 0.6 is 0 Å². The van der Waals surface area contributed by atoms with Gasteiger partial charge >= 0.3 is 0 Å². The maximum absolute atomic E-state index is 6.10. The average molecular weight is 520 g/mol. The predicted octanol–water partition coefficient (Wildman–Crippen LogP) is 4.37. The minimum Gasteiger partial charge on any atom is -0.370 e. The number of allylic oxidation sites excluding steroid dienone is 1. The van der Waals surface area contributed by atoms with E-state index in [4.69, 9.17) is 10.8 Å². The second-order valence-electron chi connectivity index (χ2n) is 11.0. The van der Waals surface area contributed by atoms with Crippen LogP contribution in [0.4, 0.5) is 11.5 Å². The predicted molar refractivity (Wildman–Crippen MR) is 159 cm³/mol. The summed E-state index contributed by atoms with van der Waals surface area (Å²) in [6.45, 7) is 13.3. The number of anilines is 1. The summed E-state index contributed by atoms with van der Waals surface area (Å²) < 4.78 is 2.08. The van der Waals surface area contributed by atoms with Crippen molar-refractivity contribution in [2.75, 3.05) is 39.0 Å². The molecule has 2 aliphatic heterocycles. The molecule has 8 nitrogen and oxygen atoms in total. The molecule has 2 aromatic heterocycles. The monoisotopic (exact) mass is 519 g/mol. The number of nitrogens with one attached hydrogen (secondary N) is 2. The molecule has 0 amide bonds. The molecule has 0 radical (unpaired) electrons. The molecule has 4 heterocycles. The number of aryl methyl sites for hydroxylation is 2. The highest BCUT2D eigenvalue weighted by Crippen LogP contribution is 2.24. The molecule has 1 unspecified atom stereocenters. The Morgan fingerprint density at radius 2 is 2.11 bits per heavy atom. The van der Waals surface area contributed by atoms with Crippen LogP contribution in [0, 0.1) is 5.41 Å². The first-order valence-corrected chi connectivity index (χ1v) is 13.8. The Hall–Kier alpha value is -2.94. The summed E-state index contributed by atoms with van der Waals surface area (Å²) >= 11 is 0. The number of nitrogens with zero attached hydrogens (tertiary/aromatic N) is 5. The van der Waals surface area contributed by atoms with E-state index in [9.17, 15) is 0 Å². The van der Waals surface area contributed by atoms with E-state index in [1.165, 1.54) is 17.7 Å². The normalized spacial score (nSPS) is 16.2. The van der Waals surface area contributed by atoms with E-state index < -0.39 is 0 Å². The van der Waals surface area contributed by atoms with Crippen molar-refractivity contribution >= 4 is 23.8 Å². The molecule has 0 saturated heterocycles. The van der Waals surface area contributed by atoms with Crippen molar-refractivity contribution in [3.8, 4) is 0 Å². The second-order valence-corrected chi connectivity index (χ2v) is 11.0. The Labute approximate surface area is 229 Å². The molecule has 206 valence electrons. The summed E-state index contributed by atoms with van der Waals surface area (Å²) in [6, 6.07) is 4.76. The van der Waals surface area contributed by atoms with Gasteiger partial charge in [0.15, 0.2) is 6.21 Å². The molecule has 4 N–H and O–H groups in total. The zero-order valence-electron chi connectivity index (χ0n) is 24.0. The molecular formula is C30H47N8+. The van der Waals surface area contributed by atoms with Crippen molar-refractivity contribution in [2.45, 2.75) is 65.3 Å². The quantitative estimate of drug-likeness (QED) is 0.141. The summed E-state index contributed by atoms with van der Waals surface area (Å²) in [5, 5.41) is 8.60. The van der Waals surface area contributed by atoms with Gasteiger partial charge in [-0.25, -0.2) is 24.5 Å². The minimum absolute atomic E-state index is 0.0649. The zero-order valence-corrected chi connectivity index (χ0v) is 24.0. The van der Waals surface area contributed by atoms with Crippen molar-refractivity contribution in [2.24, 2.45) is 11.3 Å². The highest BCUT2D eigenvalue weighted by molar-refractivity contribution is 5.71. The number of pyridine rings is 1. The molecule has 0 spiro atoms. The Morgan fingerprint density at radius 3 is 2.87 bits per heavy atom. The van der Waals surface area contributed by atoms with Gasteiger partial charge in [-0.1, -0.05) is 24.3 Å². The summed E-state index contributed by atoms with van der Waals surface area (Å²) in [6.07, 6.45) is 16.4. The van der Waals surface area contributed by atoms with Crippen molar-refractivity contribution in [1.82, 2.24) is 25.3 Å². The van der Waals surface area contributed by atoms with Gasteiger partial charge in [-0.05, 0) is 84.0 Å². The third-order valence-electron chi connectivity index (χ3n) is 7.03. The maximum Gasteiger partial charge on any atom is 0.249 e. The highest BCUT2D eigenvalue weighted by Gasteiger charge is 2.22. The number of rotatable bonds is 10. The first kappa shape index (κ1) is 29.6. The lowest BCUT2D eigenvalue weighted by Gasteiger charge is -2.21. The molecule has 0 saturated carbocycles. The molecule has 0 aromatic carbocycles. The van der Waals surface area contributed by atoms with Gasteiger partial charge in [-0.3, -0.25) is 5.84 Å². The van der Waals surface area contributed by atoms with Crippen LogP contribution in [0.3, 0.4) is 0 Å². The molecule has 2 aliphatic rings. The van der Waals surface area contributed by atoms with Crippen LogP contribution < -0.4 is 16.5 Å². The summed E-state index contributed by atoms with van der Waals surface area (Å²) in [5.41, 5.74) is 5.80. The number of fused-ring (bicyclic) bond motifs is 2. The molecule has 0 fully saturated rings. The van der Waals surface area contributed by atoms with E-state index in [1.807, 2.05) is 25.3 Å². The number of hydrazine groups is 1. The Balaban J connectivity index is 0.000000241. The van der Waals surface area contributed by atoms with E-state index >= 15 is 0 Å². The maximum atomic E-state index is 6.10. The van der Waals surface area contributed by atoms with Crippen LogP contribution in [0.1, 0.15) is 63.4 Å². The minimum atomic E-state index is 0.0649. The summed E-state index contributed by atoms with van der Waals surface area (Å²) in [4.78, 5) is 13.0. The van der Waals surface area contributed by atoms with Gasteiger partial charge in [0, 0.05) is 31.4 Å². The Kier molecular flexibility index (Phi) is 11.1. The fourth-order valence-corrected chi connectivity index (χ4v) is 4.81. The number of aromatic nitrogens is 3. The van der Waals surface area contributed by atoms with Gasteiger partial charge in [-0.2, -0.15) is 0 Å². The second kappa shape index (κ2) is 14.3. The smallest absolute Gasteiger partial charge is 0.249 e. The Morgan fingerprint density at radius 1 is 1.29 bits per heavy atom. The lowest BCUT2D eigenvalue weighted by atomic mass is 9.95. The van der Waals surface area contributed by atoms with Crippen LogP contribution in [0.5, 0.6) is 0 Å². The molecule has 4 rings (SSSR count). The number of likely N-dealkylation sites (N-methyl/N-ethyl adjacent to an activating group) is 1. The first-order chi connectivity index (χ1) is 18.2. The van der Waals surface area contributed by atoms with Crippen LogP contribution in [-0.4, -0.2) is 70.5 Å². The topological polar surface area (TPSA) is 95.0 Å². The molecule has 0 aliphatic carbocycles. The van der Waals surface area contributed by atoms with E-state index in [0.717, 1.165) is 74.5 Å². The molecule has 38 heavy (non-hydrogen) atoms. The van der Waals surface area contributed by atoms with Gasteiger partial charge in [0.25, 0.3) is 0 Å². The number of hydrogen-bond acceptors (Lipinski definition) is 7. The Bertz CT molecular complexity index is 1120. The van der Waals surface area contributed by atoms with Crippen LogP contribution in [0.25, 0.3) is 6.08 Å². The van der Waals surface area contributed by atoms with Crippen LogP contribution in [0.15, 0.2) is 42.9 Å². The van der Waals surface area contributed by atoms with Gasteiger partial charge in [-0.15, -0.1) is 0 Å². The standard InChI is InChI=1S/C19H33N5.C11H14N3/c1-15(2)18(21-3)11-14-24(20)13-5-4-8-17-10-9-16-7-6-12-22-19(16)23-17;1-11(2)5-4-9-10(14(3)7-11)6-12-8-13-9/h9-10,18,21H,1,4-8,11-14,20H2,2-3H3,(H,22,23);4-8H,1-3H3/q;+1. The molecule has 2 aromatic rings. The van der Waals surface area contributed by atoms with E-state index in [2.05, 4.69) is 83.0 Å². The van der Waals surface area contributed by atoms with Crippen molar-refractivity contribution in [1.29, 1.82) is 0 Å². The SMILES string of the molecule is C=C(C)C(CCN(N)CCCCc1ccc2c(n1)NCCC2)NC.C[N+]1=CC(C)(C)C=Cc2ncncc21. The first-order valence-electron chi connectivity index (χ1n) is 13.8. The van der Waals surface area contributed by atoms with E-state index in [-0.39, 0.29) is 5.41 Å². The lowest BCUT2D eigenvalue weighted by Crippen LogP contribution is -2.37. The van der Waals surface area contributed by atoms with Gasteiger partial charge in [0.1, 0.15) is 31.1 Å². The van der Waals surface area contributed by atoms with Crippen LogP contribution in [0.2, 0.25) is 0 Å². The van der Waals surface area contributed by atoms with Crippen molar-refractivity contribution in [3.05, 3.63) is 59.8 Å². The number of hydrogen-bond donors (Lipinski definition) is 3. The largest absolute Gasteiger partial charge is 0.370 e. The number of unbranched alkanes of at least 4 members (excludes halogenated alkanes) is 1. The zero-order chi connectivity index (χ0) is 27.5.